The van der Waals surface area contributed by atoms with Crippen molar-refractivity contribution in [1.82, 2.24) is 5.32 Å². The standard InChI is InChI=1S/C16H21BrClNOS/c1-19-15(13-8-12(18)2-3-14(13)17)11-4-6-20-16(9-11)5-7-21-10-16/h2-3,8,11,15,19H,4-7,9-10H2,1H3. The Morgan fingerprint density at radius 1 is 1.52 bits per heavy atom. The van der Waals surface area contributed by atoms with Gasteiger partial charge in [0.1, 0.15) is 0 Å². The monoisotopic (exact) mass is 389 g/mol. The molecule has 2 saturated heterocycles. The molecule has 2 aliphatic heterocycles. The second kappa shape index (κ2) is 6.79. The van der Waals surface area contributed by atoms with Gasteiger partial charge in [0.15, 0.2) is 0 Å². The molecule has 3 rings (SSSR count). The SMILES string of the molecule is CNC(c1cc(Cl)ccc1Br)C1CCOC2(CCSC2)C1. The fourth-order valence-corrected chi connectivity index (χ4v) is 5.66. The molecule has 0 saturated carbocycles. The molecule has 1 aromatic rings. The first-order valence-corrected chi connectivity index (χ1v) is 9.80. The second-order valence-corrected chi connectivity index (χ2v) is 8.42. The van der Waals surface area contributed by atoms with Crippen LogP contribution in [0.15, 0.2) is 22.7 Å². The molecule has 1 spiro atoms. The van der Waals surface area contributed by atoms with Gasteiger partial charge >= 0.3 is 0 Å². The Morgan fingerprint density at radius 3 is 3.10 bits per heavy atom. The first-order chi connectivity index (χ1) is 10.1. The first kappa shape index (κ1) is 16.1. The topological polar surface area (TPSA) is 21.3 Å². The predicted octanol–water partition coefficient (Wildman–Crippen LogP) is 4.67. The summed E-state index contributed by atoms with van der Waals surface area (Å²) in [5.74, 6) is 2.98. The van der Waals surface area contributed by atoms with Gasteiger partial charge < -0.3 is 10.1 Å². The average Bonchev–Trinajstić information content (AvgIpc) is 2.91. The normalized spacial score (nSPS) is 30.7. The lowest BCUT2D eigenvalue weighted by Gasteiger charge is -2.41. The highest BCUT2D eigenvalue weighted by Crippen LogP contribution is 2.45. The molecule has 116 valence electrons. The molecule has 0 amide bonds. The smallest absolute Gasteiger partial charge is 0.0783 e. The first-order valence-electron chi connectivity index (χ1n) is 7.47. The zero-order valence-corrected chi connectivity index (χ0v) is 15.4. The Labute approximate surface area is 144 Å². The number of hydrogen-bond donors (Lipinski definition) is 1. The quantitative estimate of drug-likeness (QED) is 0.810. The van der Waals surface area contributed by atoms with E-state index in [0.29, 0.717) is 12.0 Å². The van der Waals surface area contributed by atoms with Crippen LogP contribution < -0.4 is 5.32 Å². The van der Waals surface area contributed by atoms with Crippen LogP contribution in [0.3, 0.4) is 0 Å². The summed E-state index contributed by atoms with van der Waals surface area (Å²) in [4.78, 5) is 0. The van der Waals surface area contributed by atoms with Crippen molar-refractivity contribution >= 4 is 39.3 Å². The Bertz CT molecular complexity index is 507. The van der Waals surface area contributed by atoms with Crippen molar-refractivity contribution < 1.29 is 4.74 Å². The highest BCUT2D eigenvalue weighted by Gasteiger charge is 2.42. The predicted molar refractivity (Wildman–Crippen MR) is 94.3 cm³/mol. The van der Waals surface area contributed by atoms with Gasteiger partial charge in [-0.3, -0.25) is 0 Å². The van der Waals surface area contributed by atoms with Crippen LogP contribution in [0.4, 0.5) is 0 Å². The van der Waals surface area contributed by atoms with Crippen LogP contribution in [0.5, 0.6) is 0 Å². The van der Waals surface area contributed by atoms with E-state index in [4.69, 9.17) is 16.3 Å². The van der Waals surface area contributed by atoms with E-state index in [1.54, 1.807) is 0 Å². The van der Waals surface area contributed by atoms with Crippen LogP contribution in [0, 0.1) is 5.92 Å². The van der Waals surface area contributed by atoms with E-state index in [1.165, 1.54) is 17.7 Å². The minimum atomic E-state index is 0.119. The third kappa shape index (κ3) is 3.45. The zero-order valence-electron chi connectivity index (χ0n) is 12.2. The number of thioether (sulfide) groups is 1. The average molecular weight is 391 g/mol. The van der Waals surface area contributed by atoms with Crippen LogP contribution in [0.25, 0.3) is 0 Å². The van der Waals surface area contributed by atoms with Crippen LogP contribution >= 0.6 is 39.3 Å². The number of rotatable bonds is 3. The Hall–Kier alpha value is 0.260. The Kier molecular flexibility index (Phi) is 5.22. The molecule has 2 heterocycles. The van der Waals surface area contributed by atoms with Crippen molar-refractivity contribution in [2.75, 3.05) is 25.2 Å². The van der Waals surface area contributed by atoms with Gasteiger partial charge in [-0.15, -0.1) is 0 Å². The van der Waals surface area contributed by atoms with Crippen molar-refractivity contribution in [2.24, 2.45) is 5.92 Å². The van der Waals surface area contributed by atoms with Gasteiger partial charge in [-0.05, 0) is 61.7 Å². The molecular weight excluding hydrogens is 370 g/mol. The van der Waals surface area contributed by atoms with Crippen LogP contribution in [-0.2, 0) is 4.74 Å². The molecule has 3 unspecified atom stereocenters. The van der Waals surface area contributed by atoms with Crippen LogP contribution in [-0.4, -0.2) is 30.8 Å². The molecule has 0 radical (unpaired) electrons. The molecule has 1 aromatic carbocycles. The van der Waals surface area contributed by atoms with Gasteiger partial charge in [0.25, 0.3) is 0 Å². The minimum Gasteiger partial charge on any atom is -0.374 e. The summed E-state index contributed by atoms with van der Waals surface area (Å²) >= 11 is 11.9. The second-order valence-electron chi connectivity index (χ2n) is 6.02. The molecular formula is C16H21BrClNOS. The van der Waals surface area contributed by atoms with E-state index in [0.717, 1.165) is 34.7 Å². The molecule has 2 aliphatic rings. The fourth-order valence-electron chi connectivity index (χ4n) is 3.61. The minimum absolute atomic E-state index is 0.119. The lowest BCUT2D eigenvalue weighted by Crippen LogP contribution is -2.43. The molecule has 3 atom stereocenters. The summed E-state index contributed by atoms with van der Waals surface area (Å²) in [7, 11) is 2.05. The van der Waals surface area contributed by atoms with Crippen molar-refractivity contribution in [1.29, 1.82) is 0 Å². The van der Waals surface area contributed by atoms with Gasteiger partial charge in [0.2, 0.25) is 0 Å². The maximum Gasteiger partial charge on any atom is 0.0783 e. The fraction of sp³-hybridized carbons (Fsp3) is 0.625. The molecule has 21 heavy (non-hydrogen) atoms. The van der Waals surface area contributed by atoms with Gasteiger partial charge in [-0.25, -0.2) is 0 Å². The summed E-state index contributed by atoms with van der Waals surface area (Å²) in [6.07, 6.45) is 3.45. The third-order valence-corrected chi connectivity index (χ3v) is 6.85. The number of hydrogen-bond acceptors (Lipinski definition) is 3. The molecule has 1 N–H and O–H groups in total. The van der Waals surface area contributed by atoms with Crippen molar-refractivity contribution in [2.45, 2.75) is 30.9 Å². The summed E-state index contributed by atoms with van der Waals surface area (Å²) in [6, 6.07) is 6.38. The maximum atomic E-state index is 6.20. The highest BCUT2D eigenvalue weighted by atomic mass is 79.9. The zero-order chi connectivity index (χ0) is 14.9. The highest BCUT2D eigenvalue weighted by molar-refractivity contribution is 9.10. The van der Waals surface area contributed by atoms with Crippen molar-refractivity contribution in [3.8, 4) is 0 Å². The molecule has 2 nitrogen and oxygen atoms in total. The van der Waals surface area contributed by atoms with Gasteiger partial charge in [0, 0.05) is 27.9 Å². The summed E-state index contributed by atoms with van der Waals surface area (Å²) in [6.45, 7) is 0.877. The van der Waals surface area contributed by atoms with Crippen molar-refractivity contribution in [3.63, 3.8) is 0 Å². The lowest BCUT2D eigenvalue weighted by molar-refractivity contribution is -0.0851. The number of halogens is 2. The summed E-state index contributed by atoms with van der Waals surface area (Å²) in [5, 5.41) is 4.31. The van der Waals surface area contributed by atoms with Crippen LogP contribution in [0.1, 0.15) is 30.9 Å². The summed E-state index contributed by atoms with van der Waals surface area (Å²) < 4.78 is 7.29. The van der Waals surface area contributed by atoms with Gasteiger partial charge in [-0.1, -0.05) is 27.5 Å². The van der Waals surface area contributed by atoms with E-state index < -0.39 is 0 Å². The molecule has 2 fully saturated rings. The van der Waals surface area contributed by atoms with Crippen molar-refractivity contribution in [3.05, 3.63) is 33.3 Å². The lowest BCUT2D eigenvalue weighted by atomic mass is 9.79. The van der Waals surface area contributed by atoms with Gasteiger partial charge in [-0.2, -0.15) is 11.8 Å². The Balaban J connectivity index is 1.84. The number of benzene rings is 1. The van der Waals surface area contributed by atoms with E-state index >= 15 is 0 Å². The van der Waals surface area contributed by atoms with E-state index in [1.807, 2.05) is 30.9 Å². The number of nitrogens with one attached hydrogen (secondary N) is 1. The largest absolute Gasteiger partial charge is 0.374 e. The number of ether oxygens (including phenoxy) is 1. The molecule has 0 bridgehead atoms. The molecule has 0 aliphatic carbocycles. The van der Waals surface area contributed by atoms with E-state index in [9.17, 15) is 0 Å². The third-order valence-electron chi connectivity index (χ3n) is 4.67. The summed E-state index contributed by atoms with van der Waals surface area (Å²) in [5.41, 5.74) is 1.38. The molecule has 0 aromatic heterocycles. The van der Waals surface area contributed by atoms with Gasteiger partial charge in [0.05, 0.1) is 5.60 Å². The molecule has 5 heteroatoms. The Morgan fingerprint density at radius 2 is 2.38 bits per heavy atom. The maximum absolute atomic E-state index is 6.20. The van der Waals surface area contributed by atoms with E-state index in [-0.39, 0.29) is 5.60 Å². The van der Waals surface area contributed by atoms with Crippen LogP contribution in [0.2, 0.25) is 5.02 Å². The van der Waals surface area contributed by atoms with E-state index in [2.05, 4.69) is 27.3 Å².